The molecule has 1 unspecified atom stereocenters. The van der Waals surface area contributed by atoms with Crippen molar-refractivity contribution in [2.45, 2.75) is 12.5 Å². The number of methoxy groups -OCH3 is 2. The molecule has 77 valence electrons. The lowest BCUT2D eigenvalue weighted by Crippen LogP contribution is -2.06. The van der Waals surface area contributed by atoms with Gasteiger partial charge in [0, 0.05) is 12.0 Å². The van der Waals surface area contributed by atoms with Crippen molar-refractivity contribution in [3.8, 4) is 11.5 Å². The maximum absolute atomic E-state index is 9.18. The molecule has 1 N–H and O–H groups in total. The van der Waals surface area contributed by atoms with E-state index in [4.69, 9.17) is 9.47 Å². The minimum absolute atomic E-state index is 0.459. The lowest BCUT2D eigenvalue weighted by atomic mass is 10.1. The van der Waals surface area contributed by atoms with E-state index in [1.165, 1.54) is 0 Å². The van der Waals surface area contributed by atoms with Crippen LogP contribution in [0.5, 0.6) is 11.5 Å². The van der Waals surface area contributed by atoms with Crippen molar-refractivity contribution < 1.29 is 14.6 Å². The second-order valence-electron chi connectivity index (χ2n) is 3.01. The molecule has 0 saturated carbocycles. The molecule has 0 saturated heterocycles. The fourth-order valence-electron chi connectivity index (χ4n) is 1.37. The average Bonchev–Trinajstić information content (AvgIpc) is 2.16. The molecule has 0 amide bonds. The number of ether oxygens (including phenoxy) is 2. The lowest BCUT2D eigenvalue weighted by Gasteiger charge is -2.13. The fourth-order valence-corrected chi connectivity index (χ4v) is 1.37. The Bertz CT molecular complexity index is 295. The zero-order valence-electron chi connectivity index (χ0n) is 8.49. The van der Waals surface area contributed by atoms with Crippen LogP contribution >= 0.6 is 0 Å². The van der Waals surface area contributed by atoms with Gasteiger partial charge >= 0.3 is 0 Å². The van der Waals surface area contributed by atoms with Crippen LogP contribution in [-0.2, 0) is 6.42 Å². The topological polar surface area (TPSA) is 38.7 Å². The summed E-state index contributed by atoms with van der Waals surface area (Å²) in [6.07, 6.45) is -0.170. The normalized spacial score (nSPS) is 12.3. The number of benzene rings is 1. The number of aliphatic hydroxyl groups excluding tert-OH is 1. The summed E-state index contributed by atoms with van der Waals surface area (Å²) in [5.74, 6) is 1.34. The van der Waals surface area contributed by atoms with Crippen LogP contribution in [0.2, 0.25) is 0 Å². The van der Waals surface area contributed by atoms with E-state index in [1.807, 2.05) is 18.2 Å². The number of aliphatic hydroxyl groups is 1. The molecule has 1 rings (SSSR count). The Morgan fingerprint density at radius 1 is 1.36 bits per heavy atom. The highest BCUT2D eigenvalue weighted by molar-refractivity contribution is 5.46. The number of rotatable bonds is 4. The van der Waals surface area contributed by atoms with Crippen LogP contribution in [0.3, 0.4) is 0 Å². The summed E-state index contributed by atoms with van der Waals surface area (Å²) in [7, 11) is 3.17. The molecule has 1 atom stereocenters. The van der Waals surface area contributed by atoms with Gasteiger partial charge in [0.1, 0.15) is 0 Å². The average molecular weight is 195 g/mol. The van der Waals surface area contributed by atoms with Crippen molar-refractivity contribution in [1.82, 2.24) is 0 Å². The van der Waals surface area contributed by atoms with Gasteiger partial charge in [-0.2, -0.15) is 0 Å². The first-order valence-corrected chi connectivity index (χ1v) is 4.40. The first-order valence-electron chi connectivity index (χ1n) is 4.40. The molecule has 1 aromatic rings. The minimum atomic E-state index is -0.629. The van der Waals surface area contributed by atoms with Crippen LogP contribution in [0.4, 0.5) is 0 Å². The van der Waals surface area contributed by atoms with Gasteiger partial charge in [0.15, 0.2) is 11.5 Å². The molecule has 0 fully saturated rings. The number of hydrogen-bond acceptors (Lipinski definition) is 3. The molecule has 1 radical (unpaired) electrons. The Hall–Kier alpha value is -1.22. The van der Waals surface area contributed by atoms with Crippen LogP contribution in [0.1, 0.15) is 5.56 Å². The highest BCUT2D eigenvalue weighted by atomic mass is 16.5. The molecule has 1 aromatic carbocycles. The first kappa shape index (κ1) is 10.9. The molecule has 0 aliphatic heterocycles. The van der Waals surface area contributed by atoms with Crippen LogP contribution in [0.25, 0.3) is 0 Å². The number of para-hydroxylation sites is 1. The van der Waals surface area contributed by atoms with Gasteiger partial charge in [-0.15, -0.1) is 0 Å². The van der Waals surface area contributed by atoms with Gasteiger partial charge in [0.05, 0.1) is 20.3 Å². The third-order valence-corrected chi connectivity index (χ3v) is 1.94. The third kappa shape index (κ3) is 2.39. The zero-order valence-corrected chi connectivity index (χ0v) is 8.49. The Kier molecular flexibility index (Phi) is 3.77. The Labute approximate surface area is 84.3 Å². The van der Waals surface area contributed by atoms with E-state index in [9.17, 15) is 5.11 Å². The highest BCUT2D eigenvalue weighted by Gasteiger charge is 2.10. The molecule has 0 aliphatic rings. The van der Waals surface area contributed by atoms with E-state index >= 15 is 0 Å². The van der Waals surface area contributed by atoms with Gasteiger partial charge in [0.25, 0.3) is 0 Å². The van der Waals surface area contributed by atoms with Crippen molar-refractivity contribution in [2.24, 2.45) is 0 Å². The van der Waals surface area contributed by atoms with Gasteiger partial charge in [-0.3, -0.25) is 0 Å². The van der Waals surface area contributed by atoms with E-state index in [-0.39, 0.29) is 0 Å². The van der Waals surface area contributed by atoms with Gasteiger partial charge in [-0.25, -0.2) is 0 Å². The van der Waals surface area contributed by atoms with E-state index in [2.05, 4.69) is 6.92 Å². The van der Waals surface area contributed by atoms with Gasteiger partial charge < -0.3 is 14.6 Å². The SMILES string of the molecule is [CH2]C(O)Cc1cccc(OC)c1OC. The molecular weight excluding hydrogens is 180 g/mol. The second-order valence-corrected chi connectivity index (χ2v) is 3.01. The van der Waals surface area contributed by atoms with Gasteiger partial charge in [-0.1, -0.05) is 12.1 Å². The maximum Gasteiger partial charge on any atom is 0.163 e. The first-order chi connectivity index (χ1) is 6.69. The smallest absolute Gasteiger partial charge is 0.163 e. The maximum atomic E-state index is 9.18. The molecule has 0 bridgehead atoms. The minimum Gasteiger partial charge on any atom is -0.493 e. The quantitative estimate of drug-likeness (QED) is 0.790. The Balaban J connectivity index is 3.02. The molecule has 0 aliphatic carbocycles. The zero-order chi connectivity index (χ0) is 10.6. The summed E-state index contributed by atoms with van der Waals surface area (Å²) in [6, 6.07) is 5.56. The molecule has 0 heterocycles. The summed E-state index contributed by atoms with van der Waals surface area (Å²) >= 11 is 0. The molecule has 0 aromatic heterocycles. The molecule has 0 spiro atoms. The lowest BCUT2D eigenvalue weighted by molar-refractivity contribution is 0.219. The fraction of sp³-hybridized carbons (Fsp3) is 0.364. The van der Waals surface area contributed by atoms with Gasteiger partial charge in [-0.05, 0) is 13.0 Å². The molecule has 3 nitrogen and oxygen atoms in total. The molecule has 3 heteroatoms. The van der Waals surface area contributed by atoms with Crippen LogP contribution in [-0.4, -0.2) is 25.4 Å². The van der Waals surface area contributed by atoms with E-state index in [0.29, 0.717) is 17.9 Å². The summed E-state index contributed by atoms with van der Waals surface area (Å²) in [4.78, 5) is 0. The largest absolute Gasteiger partial charge is 0.493 e. The van der Waals surface area contributed by atoms with Crippen molar-refractivity contribution in [2.75, 3.05) is 14.2 Å². The van der Waals surface area contributed by atoms with Crippen molar-refractivity contribution in [3.63, 3.8) is 0 Å². The monoisotopic (exact) mass is 195 g/mol. The predicted octanol–water partition coefficient (Wildman–Crippen LogP) is 1.44. The predicted molar refractivity (Wildman–Crippen MR) is 54.6 cm³/mol. The van der Waals surface area contributed by atoms with E-state index in [0.717, 1.165) is 5.56 Å². The van der Waals surface area contributed by atoms with Gasteiger partial charge in [0.2, 0.25) is 0 Å². The summed E-state index contributed by atoms with van der Waals surface area (Å²) < 4.78 is 10.3. The van der Waals surface area contributed by atoms with Crippen molar-refractivity contribution in [1.29, 1.82) is 0 Å². The second kappa shape index (κ2) is 4.86. The highest BCUT2D eigenvalue weighted by Crippen LogP contribution is 2.31. The standard InChI is InChI=1S/C11H15O3/c1-8(12)7-9-5-4-6-10(13-2)11(9)14-3/h4-6,8,12H,1,7H2,2-3H3. The Morgan fingerprint density at radius 2 is 2.07 bits per heavy atom. The van der Waals surface area contributed by atoms with E-state index < -0.39 is 6.10 Å². The molecule has 14 heavy (non-hydrogen) atoms. The van der Waals surface area contributed by atoms with Crippen molar-refractivity contribution in [3.05, 3.63) is 30.7 Å². The van der Waals surface area contributed by atoms with Crippen LogP contribution < -0.4 is 9.47 Å². The van der Waals surface area contributed by atoms with Crippen molar-refractivity contribution >= 4 is 0 Å². The summed E-state index contributed by atoms with van der Waals surface area (Å²) in [5, 5.41) is 9.18. The Morgan fingerprint density at radius 3 is 2.57 bits per heavy atom. The van der Waals surface area contributed by atoms with Crippen LogP contribution in [0.15, 0.2) is 18.2 Å². The third-order valence-electron chi connectivity index (χ3n) is 1.94. The summed E-state index contributed by atoms with van der Waals surface area (Å²) in [5.41, 5.74) is 0.898. The number of hydrogen-bond donors (Lipinski definition) is 1. The molecular formula is C11H15O3. The van der Waals surface area contributed by atoms with Crippen LogP contribution in [0, 0.1) is 6.92 Å². The van der Waals surface area contributed by atoms with E-state index in [1.54, 1.807) is 14.2 Å². The summed E-state index contributed by atoms with van der Waals surface area (Å²) in [6.45, 7) is 3.52.